The number of likely N-dealkylation sites (tertiary alicyclic amines) is 1. The van der Waals surface area contributed by atoms with Gasteiger partial charge in [0, 0.05) is 30.0 Å². The molecule has 1 aromatic carbocycles. The molecule has 1 saturated heterocycles. The summed E-state index contributed by atoms with van der Waals surface area (Å²) >= 11 is 0. The summed E-state index contributed by atoms with van der Waals surface area (Å²) in [4.78, 5) is 19.1. The first-order valence-corrected chi connectivity index (χ1v) is 14.6. The van der Waals surface area contributed by atoms with Crippen LogP contribution < -0.4 is 4.74 Å². The number of carbonyl (C=O) groups excluding carboxylic acids is 1. The lowest BCUT2D eigenvalue weighted by Crippen LogP contribution is -2.71. The number of benzene rings is 1. The number of aliphatic hydroxyl groups is 2. The van der Waals surface area contributed by atoms with Crippen LogP contribution in [0.15, 0.2) is 18.5 Å². The first-order chi connectivity index (χ1) is 18.9. The van der Waals surface area contributed by atoms with Gasteiger partial charge in [0.2, 0.25) is 0 Å². The minimum atomic E-state index is -4.66. The minimum absolute atomic E-state index is 0.00731. The van der Waals surface area contributed by atoms with Gasteiger partial charge in [0.15, 0.2) is 0 Å². The summed E-state index contributed by atoms with van der Waals surface area (Å²) in [5.74, 6) is 0.651. The molecule has 0 radical (unpaired) electrons. The number of halogens is 3. The van der Waals surface area contributed by atoms with E-state index in [2.05, 4.69) is 4.98 Å². The maximum absolute atomic E-state index is 14.3. The van der Waals surface area contributed by atoms with Crippen molar-refractivity contribution in [3.8, 4) is 5.75 Å². The zero-order valence-corrected chi connectivity index (χ0v) is 24.3. The molecule has 226 valence electrons. The van der Waals surface area contributed by atoms with E-state index in [9.17, 15) is 28.2 Å². The topological polar surface area (TPSA) is 97.0 Å². The lowest BCUT2D eigenvalue weighted by Gasteiger charge is -2.70. The SMILES string of the molecule is C[C@H]1C[C@@](O)(C23CC(C2)C3)C[C@@H](COc2cc(C(F)(F)F)c3c(c2)ncn3C2CC(C)(O)C2)N1C(=O)OC(C)(C)C. The van der Waals surface area contributed by atoms with Crippen molar-refractivity contribution in [3.63, 3.8) is 0 Å². The van der Waals surface area contributed by atoms with Gasteiger partial charge >= 0.3 is 12.3 Å². The number of hydrogen-bond acceptors (Lipinski definition) is 6. The third-order valence-electron chi connectivity index (χ3n) is 9.84. The molecular weight excluding hydrogens is 539 g/mol. The van der Waals surface area contributed by atoms with Gasteiger partial charge in [0.1, 0.15) is 18.0 Å². The maximum Gasteiger partial charge on any atom is 0.418 e. The first-order valence-electron chi connectivity index (χ1n) is 14.6. The van der Waals surface area contributed by atoms with Crippen molar-refractivity contribution in [2.24, 2.45) is 11.3 Å². The van der Waals surface area contributed by atoms with Crippen LogP contribution in [0.1, 0.15) is 91.2 Å². The molecule has 4 aliphatic carbocycles. The van der Waals surface area contributed by atoms with Crippen LogP contribution in [0.4, 0.5) is 18.0 Å². The third kappa shape index (κ3) is 4.86. The van der Waals surface area contributed by atoms with E-state index in [-0.39, 0.29) is 47.3 Å². The fourth-order valence-electron chi connectivity index (χ4n) is 7.85. The van der Waals surface area contributed by atoms with Crippen LogP contribution in [0.3, 0.4) is 0 Å². The molecule has 4 saturated carbocycles. The fraction of sp³-hybridized carbons (Fsp3) is 0.733. The van der Waals surface area contributed by atoms with Gasteiger partial charge in [-0.1, -0.05) is 0 Å². The van der Waals surface area contributed by atoms with Gasteiger partial charge < -0.3 is 24.3 Å². The Labute approximate surface area is 237 Å². The standard InChI is InChI=1S/C30H40F3N3O5/c1-17-8-29(39,28-9-18(10-28)11-28)14-20(36(17)25(37)41-26(2,3)4)15-40-21-6-22(30(31,32)33)24-23(7-21)34-16-35(24)19-12-27(5,38)13-19/h6-7,16-20,38-39H,8-15H2,1-5H3/t17-,18?,19?,20-,27?,28?,29-/m0/s1. The van der Waals surface area contributed by atoms with E-state index in [1.54, 1.807) is 32.6 Å². The summed E-state index contributed by atoms with van der Waals surface area (Å²) in [7, 11) is 0. The Morgan fingerprint density at radius 1 is 1.07 bits per heavy atom. The molecule has 2 heterocycles. The highest BCUT2D eigenvalue weighted by molar-refractivity contribution is 5.82. The highest BCUT2D eigenvalue weighted by Crippen LogP contribution is 2.71. The van der Waals surface area contributed by atoms with Gasteiger partial charge in [0.25, 0.3) is 0 Å². The zero-order valence-electron chi connectivity index (χ0n) is 24.3. The highest BCUT2D eigenvalue weighted by Gasteiger charge is 2.68. The van der Waals surface area contributed by atoms with E-state index in [0.29, 0.717) is 25.2 Å². The number of ether oxygens (including phenoxy) is 2. The monoisotopic (exact) mass is 579 g/mol. The molecule has 3 atom stereocenters. The molecular formula is C30H40F3N3O5. The van der Waals surface area contributed by atoms with Crippen LogP contribution in [0.2, 0.25) is 0 Å². The summed E-state index contributed by atoms with van der Waals surface area (Å²) in [6, 6.07) is 1.26. The number of carbonyl (C=O) groups is 1. The minimum Gasteiger partial charge on any atom is -0.491 e. The second-order valence-corrected chi connectivity index (χ2v) is 14.4. The summed E-state index contributed by atoms with van der Waals surface area (Å²) in [5, 5.41) is 22.0. The average molecular weight is 580 g/mol. The van der Waals surface area contributed by atoms with E-state index in [1.807, 2.05) is 6.92 Å². The Hall–Kier alpha value is -2.53. The highest BCUT2D eigenvalue weighted by atomic mass is 19.4. The number of alkyl halides is 3. The predicted octanol–water partition coefficient (Wildman–Crippen LogP) is 5.84. The molecule has 1 amide bonds. The Morgan fingerprint density at radius 3 is 2.27 bits per heavy atom. The molecule has 1 aliphatic heterocycles. The number of hydrogen-bond donors (Lipinski definition) is 2. The van der Waals surface area contributed by atoms with Crippen molar-refractivity contribution >= 4 is 17.1 Å². The van der Waals surface area contributed by atoms with E-state index in [4.69, 9.17) is 9.47 Å². The van der Waals surface area contributed by atoms with E-state index < -0.39 is 40.7 Å². The van der Waals surface area contributed by atoms with E-state index >= 15 is 0 Å². The largest absolute Gasteiger partial charge is 0.491 e. The summed E-state index contributed by atoms with van der Waals surface area (Å²) in [5.41, 5.74) is -3.51. The average Bonchev–Trinajstić information content (AvgIpc) is 3.13. The number of nitrogens with zero attached hydrogens (tertiary/aromatic N) is 3. The van der Waals surface area contributed by atoms with Gasteiger partial charge in [-0.2, -0.15) is 13.2 Å². The summed E-state index contributed by atoms with van der Waals surface area (Å²) < 4.78 is 56.1. The molecule has 2 aromatic rings. The van der Waals surface area contributed by atoms with Gasteiger partial charge in [-0.05, 0) is 85.1 Å². The molecule has 0 unspecified atom stereocenters. The van der Waals surface area contributed by atoms with E-state index in [1.165, 1.54) is 17.0 Å². The van der Waals surface area contributed by atoms with Gasteiger partial charge in [-0.15, -0.1) is 0 Å². The molecule has 8 nitrogen and oxygen atoms in total. The van der Waals surface area contributed by atoms with Crippen LogP contribution in [-0.4, -0.2) is 66.3 Å². The van der Waals surface area contributed by atoms with Gasteiger partial charge in [0.05, 0.1) is 40.2 Å². The number of imidazole rings is 1. The normalized spacial score (nSPS) is 36.8. The van der Waals surface area contributed by atoms with Crippen LogP contribution in [0, 0.1) is 11.3 Å². The number of aromatic nitrogens is 2. The molecule has 41 heavy (non-hydrogen) atoms. The molecule has 5 aliphatic rings. The quantitative estimate of drug-likeness (QED) is 0.462. The third-order valence-corrected chi connectivity index (χ3v) is 9.84. The van der Waals surface area contributed by atoms with Crippen molar-refractivity contribution < 1.29 is 37.7 Å². The molecule has 5 fully saturated rings. The number of amides is 1. The van der Waals surface area contributed by atoms with Crippen LogP contribution in [-0.2, 0) is 10.9 Å². The molecule has 11 heteroatoms. The number of piperidine rings is 1. The molecule has 7 rings (SSSR count). The predicted molar refractivity (Wildman–Crippen MR) is 144 cm³/mol. The van der Waals surface area contributed by atoms with Crippen molar-refractivity contribution in [1.29, 1.82) is 0 Å². The van der Waals surface area contributed by atoms with Crippen LogP contribution in [0.5, 0.6) is 5.75 Å². The van der Waals surface area contributed by atoms with Crippen LogP contribution >= 0.6 is 0 Å². The summed E-state index contributed by atoms with van der Waals surface area (Å²) in [6.45, 7) is 8.79. The Balaban J connectivity index is 1.28. The zero-order chi connectivity index (χ0) is 29.8. The number of rotatable bonds is 5. The van der Waals surface area contributed by atoms with Crippen molar-refractivity contribution in [1.82, 2.24) is 14.5 Å². The Morgan fingerprint density at radius 2 is 1.73 bits per heavy atom. The van der Waals surface area contributed by atoms with E-state index in [0.717, 1.165) is 25.3 Å². The Bertz CT molecular complexity index is 1340. The second-order valence-electron chi connectivity index (χ2n) is 14.4. The van der Waals surface area contributed by atoms with Gasteiger partial charge in [-0.3, -0.25) is 4.90 Å². The second kappa shape index (κ2) is 8.99. The smallest absolute Gasteiger partial charge is 0.418 e. The lowest BCUT2D eigenvalue weighted by molar-refractivity contribution is -0.265. The first kappa shape index (κ1) is 28.6. The van der Waals surface area contributed by atoms with Crippen molar-refractivity contribution in [2.45, 2.75) is 121 Å². The van der Waals surface area contributed by atoms with Crippen molar-refractivity contribution in [3.05, 3.63) is 24.0 Å². The van der Waals surface area contributed by atoms with Crippen LogP contribution in [0.25, 0.3) is 11.0 Å². The van der Waals surface area contributed by atoms with Crippen molar-refractivity contribution in [2.75, 3.05) is 6.61 Å². The fourth-order valence-corrected chi connectivity index (χ4v) is 7.85. The lowest BCUT2D eigenvalue weighted by atomic mass is 9.37. The Kier molecular flexibility index (Phi) is 6.26. The molecule has 0 spiro atoms. The molecule has 1 aromatic heterocycles. The molecule has 2 N–H and O–H groups in total. The number of fused-ring (bicyclic) bond motifs is 1. The van der Waals surface area contributed by atoms with Gasteiger partial charge in [-0.25, -0.2) is 9.78 Å². The maximum atomic E-state index is 14.3. The summed E-state index contributed by atoms with van der Waals surface area (Å²) in [6.07, 6.45) is 0.509. The molecule has 2 bridgehead atoms.